The molecule has 0 radical (unpaired) electrons. The van der Waals surface area contributed by atoms with Gasteiger partial charge >= 0.3 is 6.09 Å². The Bertz CT molecular complexity index is 395. The van der Waals surface area contributed by atoms with Crippen molar-refractivity contribution in [2.75, 3.05) is 19.7 Å². The molecule has 4 nitrogen and oxygen atoms in total. The molecule has 1 rings (SSSR count). The van der Waals surface area contributed by atoms with E-state index in [1.54, 1.807) is 18.2 Å². The van der Waals surface area contributed by atoms with Crippen molar-refractivity contribution in [3.63, 3.8) is 0 Å². The Kier molecular flexibility index (Phi) is 12.7. The van der Waals surface area contributed by atoms with E-state index < -0.39 is 6.09 Å². The number of allylic oxidation sites excluding steroid dienone is 2. The van der Waals surface area contributed by atoms with Crippen molar-refractivity contribution in [2.45, 2.75) is 46.0 Å². The smallest absolute Gasteiger partial charge is 0.410 e. The van der Waals surface area contributed by atoms with Gasteiger partial charge in [0.15, 0.2) is 0 Å². The Morgan fingerprint density at radius 2 is 1.87 bits per heavy atom. The van der Waals surface area contributed by atoms with Crippen LogP contribution >= 0.6 is 0 Å². The van der Waals surface area contributed by atoms with Crippen molar-refractivity contribution >= 4 is 12.4 Å². The number of hydrogen-bond donors (Lipinski definition) is 0. The molecule has 0 saturated heterocycles. The second-order valence-corrected chi connectivity index (χ2v) is 5.31. The summed E-state index contributed by atoms with van der Waals surface area (Å²) in [6.45, 7) is 12.1. The molecule has 0 aromatic carbocycles. The lowest BCUT2D eigenvalue weighted by atomic mass is 9.89. The van der Waals surface area contributed by atoms with E-state index in [0.717, 1.165) is 24.7 Å². The van der Waals surface area contributed by atoms with E-state index in [4.69, 9.17) is 4.74 Å². The second kappa shape index (κ2) is 13.8. The van der Waals surface area contributed by atoms with Gasteiger partial charge in [0.05, 0.1) is 6.54 Å². The highest BCUT2D eigenvalue weighted by Crippen LogP contribution is 2.24. The normalized spacial score (nSPS) is 15.0. The Labute approximate surface area is 140 Å². The molecule has 0 N–H and O–H groups in total. The quantitative estimate of drug-likeness (QED) is 0.487. The number of nitrogens with zero attached hydrogens (tertiary/aromatic N) is 1. The van der Waals surface area contributed by atoms with Crippen LogP contribution < -0.4 is 0 Å². The lowest BCUT2D eigenvalue weighted by molar-refractivity contribution is -0.108. The molecule has 0 unspecified atom stereocenters. The SMILES string of the molecule is C=C/C=C(\C=C)COC(=O)N(CC=O)CC1CCCCC1.CC. The molecule has 0 aromatic heterocycles. The van der Waals surface area contributed by atoms with Crippen molar-refractivity contribution in [2.24, 2.45) is 5.92 Å². The maximum Gasteiger partial charge on any atom is 0.410 e. The lowest BCUT2D eigenvalue weighted by Gasteiger charge is -2.28. The molecule has 0 bridgehead atoms. The maximum atomic E-state index is 12.1. The number of carbonyl (C=O) groups excluding carboxylic acids is 2. The third-order valence-electron chi connectivity index (χ3n) is 3.71. The number of hydrogen-bond acceptors (Lipinski definition) is 3. The largest absolute Gasteiger partial charge is 0.445 e. The predicted octanol–water partition coefficient (Wildman–Crippen LogP) is 4.53. The highest BCUT2D eigenvalue weighted by atomic mass is 16.6. The van der Waals surface area contributed by atoms with Gasteiger partial charge in [-0.25, -0.2) is 4.79 Å². The first kappa shape index (κ1) is 21.2. The van der Waals surface area contributed by atoms with Gasteiger partial charge in [0.1, 0.15) is 12.9 Å². The summed E-state index contributed by atoms with van der Waals surface area (Å²) in [4.78, 5) is 24.4. The molecule has 0 aliphatic heterocycles. The van der Waals surface area contributed by atoms with Crippen LogP contribution in [-0.2, 0) is 9.53 Å². The number of carbonyl (C=O) groups is 2. The molecule has 4 heteroatoms. The minimum Gasteiger partial charge on any atom is -0.445 e. The monoisotopic (exact) mass is 321 g/mol. The molecule has 23 heavy (non-hydrogen) atoms. The van der Waals surface area contributed by atoms with E-state index >= 15 is 0 Å². The molecule has 0 atom stereocenters. The van der Waals surface area contributed by atoms with Gasteiger partial charge in [0, 0.05) is 6.54 Å². The number of ether oxygens (including phenoxy) is 1. The molecule has 1 fully saturated rings. The number of rotatable bonds is 8. The van der Waals surface area contributed by atoms with Crippen LogP contribution in [0.3, 0.4) is 0 Å². The molecule has 1 amide bonds. The topological polar surface area (TPSA) is 46.6 Å². The van der Waals surface area contributed by atoms with Crippen LogP contribution in [0, 0.1) is 5.92 Å². The van der Waals surface area contributed by atoms with E-state index in [1.165, 1.54) is 24.2 Å². The third kappa shape index (κ3) is 9.01. The predicted molar refractivity (Wildman–Crippen MR) is 95.4 cm³/mol. The minimum atomic E-state index is -0.440. The van der Waals surface area contributed by atoms with Crippen LogP contribution in [0.2, 0.25) is 0 Å². The van der Waals surface area contributed by atoms with E-state index in [9.17, 15) is 9.59 Å². The zero-order valence-corrected chi connectivity index (χ0v) is 14.6. The van der Waals surface area contributed by atoms with E-state index in [1.807, 2.05) is 13.8 Å². The van der Waals surface area contributed by atoms with Crippen molar-refractivity contribution in [1.29, 1.82) is 0 Å². The summed E-state index contributed by atoms with van der Waals surface area (Å²) in [6.07, 6.45) is 11.2. The molecular formula is C19H31NO3. The molecule has 1 aliphatic rings. The van der Waals surface area contributed by atoms with Crippen molar-refractivity contribution < 1.29 is 14.3 Å². The summed E-state index contributed by atoms with van der Waals surface area (Å²) in [5.41, 5.74) is 0.780. The summed E-state index contributed by atoms with van der Waals surface area (Å²) in [5, 5.41) is 0. The Hall–Kier alpha value is -1.84. The van der Waals surface area contributed by atoms with Crippen molar-refractivity contribution in [3.8, 4) is 0 Å². The summed E-state index contributed by atoms with van der Waals surface area (Å²) >= 11 is 0. The molecule has 0 aromatic rings. The zero-order chi connectivity index (χ0) is 17.5. The first-order chi connectivity index (χ1) is 11.2. The van der Waals surface area contributed by atoms with Gasteiger partial charge < -0.3 is 14.4 Å². The van der Waals surface area contributed by atoms with Crippen LogP contribution in [-0.4, -0.2) is 37.0 Å². The Morgan fingerprint density at radius 1 is 1.22 bits per heavy atom. The lowest BCUT2D eigenvalue weighted by Crippen LogP contribution is -2.38. The average molecular weight is 321 g/mol. The average Bonchev–Trinajstić information content (AvgIpc) is 2.60. The molecule has 1 saturated carbocycles. The maximum absolute atomic E-state index is 12.1. The van der Waals surface area contributed by atoms with E-state index in [-0.39, 0.29) is 13.2 Å². The Morgan fingerprint density at radius 3 is 2.39 bits per heavy atom. The number of aldehydes is 1. The van der Waals surface area contributed by atoms with Gasteiger partial charge in [-0.2, -0.15) is 0 Å². The fourth-order valence-electron chi connectivity index (χ4n) is 2.56. The molecule has 0 heterocycles. The molecule has 0 spiro atoms. The first-order valence-electron chi connectivity index (χ1n) is 8.50. The van der Waals surface area contributed by atoms with Gasteiger partial charge in [0.25, 0.3) is 0 Å². The third-order valence-corrected chi connectivity index (χ3v) is 3.71. The van der Waals surface area contributed by atoms with Gasteiger partial charge in [-0.15, -0.1) is 0 Å². The zero-order valence-electron chi connectivity index (χ0n) is 14.6. The summed E-state index contributed by atoms with van der Waals surface area (Å²) in [5.74, 6) is 0.480. The first-order valence-corrected chi connectivity index (χ1v) is 8.50. The fourth-order valence-corrected chi connectivity index (χ4v) is 2.56. The van der Waals surface area contributed by atoms with E-state index in [2.05, 4.69) is 13.2 Å². The minimum absolute atomic E-state index is 0.0872. The van der Waals surface area contributed by atoms with Gasteiger partial charge in [0.2, 0.25) is 0 Å². The van der Waals surface area contributed by atoms with Gasteiger partial charge in [-0.1, -0.05) is 64.5 Å². The molecule has 1 aliphatic carbocycles. The highest BCUT2D eigenvalue weighted by molar-refractivity contribution is 5.71. The van der Waals surface area contributed by atoms with Crippen LogP contribution in [0.1, 0.15) is 46.0 Å². The summed E-state index contributed by atoms with van der Waals surface area (Å²) in [6, 6.07) is 0. The second-order valence-electron chi connectivity index (χ2n) is 5.31. The van der Waals surface area contributed by atoms with Gasteiger partial charge in [-0.3, -0.25) is 0 Å². The molecular weight excluding hydrogens is 290 g/mol. The summed E-state index contributed by atoms with van der Waals surface area (Å²) < 4.78 is 5.24. The number of amides is 1. The highest BCUT2D eigenvalue weighted by Gasteiger charge is 2.21. The van der Waals surface area contributed by atoms with E-state index in [0.29, 0.717) is 12.5 Å². The summed E-state index contributed by atoms with van der Waals surface area (Å²) in [7, 11) is 0. The van der Waals surface area contributed by atoms with Crippen LogP contribution in [0.5, 0.6) is 0 Å². The fraction of sp³-hybridized carbons (Fsp3) is 0.579. The molecule has 130 valence electrons. The standard InChI is InChI=1S/C17H25NO3.C2H6/c1-3-8-15(4-2)14-21-17(20)18(11-12-19)13-16-9-6-5-7-10-16;1-2/h3-4,8,12,16H,1-2,5-7,9-11,13-14H2;1-2H3/b15-8+;. The van der Waals surface area contributed by atoms with Gasteiger partial charge in [-0.05, 0) is 24.3 Å². The Balaban J connectivity index is 0.00000232. The van der Waals surface area contributed by atoms with Crippen molar-refractivity contribution in [1.82, 2.24) is 4.90 Å². The van der Waals surface area contributed by atoms with Crippen molar-refractivity contribution in [3.05, 3.63) is 37.0 Å². The van der Waals surface area contributed by atoms with Crippen LogP contribution in [0.4, 0.5) is 4.79 Å². The van der Waals surface area contributed by atoms with Crippen LogP contribution in [0.25, 0.3) is 0 Å². The van der Waals surface area contributed by atoms with Crippen LogP contribution in [0.15, 0.2) is 37.0 Å².